The summed E-state index contributed by atoms with van der Waals surface area (Å²) in [6.07, 6.45) is 3.34. The van der Waals surface area contributed by atoms with Gasteiger partial charge in [0.25, 0.3) is 0 Å². The lowest BCUT2D eigenvalue weighted by molar-refractivity contribution is -0.152. The molecule has 1 N–H and O–H groups in total. The lowest BCUT2D eigenvalue weighted by Gasteiger charge is -2.42. The maximum absolute atomic E-state index is 13.2. The zero-order chi connectivity index (χ0) is 20.8. The third-order valence-electron chi connectivity index (χ3n) is 6.42. The van der Waals surface area contributed by atoms with Crippen LogP contribution in [-0.4, -0.2) is 41.0 Å². The maximum Gasteiger partial charge on any atom is 0.318 e. The first-order valence-electron chi connectivity index (χ1n) is 10.4. The van der Waals surface area contributed by atoms with Gasteiger partial charge >= 0.3 is 5.97 Å². The molecule has 1 atom stereocenters. The number of amides is 1. The Labute approximate surface area is 171 Å². The molecule has 2 bridgehead atoms. The number of carboxylic acid groups (broad SMARTS) is 1. The summed E-state index contributed by atoms with van der Waals surface area (Å²) in [5, 5.41) is 9.56. The molecule has 0 unspecified atom stereocenters. The van der Waals surface area contributed by atoms with Crippen molar-refractivity contribution < 1.29 is 14.7 Å². The molecule has 2 aliphatic heterocycles. The fourth-order valence-corrected chi connectivity index (χ4v) is 4.42. The van der Waals surface area contributed by atoms with Gasteiger partial charge in [-0.15, -0.1) is 0 Å². The van der Waals surface area contributed by atoms with Gasteiger partial charge in [0.2, 0.25) is 5.91 Å². The van der Waals surface area contributed by atoms with Crippen molar-refractivity contribution in [3.8, 4) is 11.1 Å². The van der Waals surface area contributed by atoms with Crippen LogP contribution in [0.1, 0.15) is 39.2 Å². The van der Waals surface area contributed by atoms with Gasteiger partial charge in [-0.05, 0) is 58.2 Å². The molecular formula is C24H28N2O3. The second kappa shape index (κ2) is 7.30. The number of fused-ring (bicyclic) bond motifs is 2. The number of hydrogen-bond acceptors (Lipinski definition) is 3. The number of benzene rings is 2. The Balaban J connectivity index is 1.70. The number of likely N-dealkylation sites (tertiary alicyclic amines) is 1. The summed E-state index contributed by atoms with van der Waals surface area (Å²) in [6.45, 7) is 7.31. The summed E-state index contributed by atoms with van der Waals surface area (Å²) in [7, 11) is 0. The van der Waals surface area contributed by atoms with Gasteiger partial charge < -0.3 is 10.0 Å². The van der Waals surface area contributed by atoms with Crippen molar-refractivity contribution in [3.63, 3.8) is 0 Å². The van der Waals surface area contributed by atoms with E-state index < -0.39 is 11.4 Å². The first-order chi connectivity index (χ1) is 13.8. The monoisotopic (exact) mass is 392 g/mol. The van der Waals surface area contributed by atoms with Crippen molar-refractivity contribution in [1.29, 1.82) is 0 Å². The number of nitrogens with zero attached hydrogens (tertiary/aromatic N) is 2. The van der Waals surface area contributed by atoms with Crippen molar-refractivity contribution in [2.24, 2.45) is 5.41 Å². The highest BCUT2D eigenvalue weighted by molar-refractivity contribution is 6.19. The van der Waals surface area contributed by atoms with E-state index in [4.69, 9.17) is 0 Å². The highest BCUT2D eigenvalue weighted by Gasteiger charge is 2.46. The molecule has 2 aromatic carbocycles. The molecule has 2 heterocycles. The summed E-state index contributed by atoms with van der Waals surface area (Å²) < 4.78 is 0. The number of carbonyl (C=O) groups is 2. The zero-order valence-corrected chi connectivity index (χ0v) is 17.3. The topological polar surface area (TPSA) is 60.9 Å². The van der Waals surface area contributed by atoms with Gasteiger partial charge in [-0.2, -0.15) is 0 Å². The molecule has 5 heteroatoms. The van der Waals surface area contributed by atoms with E-state index in [0.717, 1.165) is 42.0 Å². The first kappa shape index (κ1) is 19.6. The first-order valence-corrected chi connectivity index (χ1v) is 10.4. The van der Waals surface area contributed by atoms with Crippen LogP contribution >= 0.6 is 0 Å². The Morgan fingerprint density at radius 1 is 1.14 bits per heavy atom. The zero-order valence-electron chi connectivity index (χ0n) is 17.3. The Morgan fingerprint density at radius 3 is 2.48 bits per heavy atom. The molecule has 1 saturated heterocycles. The smallest absolute Gasteiger partial charge is 0.318 e. The van der Waals surface area contributed by atoms with Crippen LogP contribution in [0.2, 0.25) is 0 Å². The summed E-state index contributed by atoms with van der Waals surface area (Å²) in [4.78, 5) is 29.0. The summed E-state index contributed by atoms with van der Waals surface area (Å²) in [5.41, 5.74) is 3.44. The van der Waals surface area contributed by atoms with E-state index in [9.17, 15) is 14.7 Å². The summed E-state index contributed by atoms with van der Waals surface area (Å²) in [6, 6.07) is 14.6. The van der Waals surface area contributed by atoms with Gasteiger partial charge in [-0.3, -0.25) is 14.5 Å². The Bertz CT molecular complexity index is 952. The molecule has 0 saturated carbocycles. The van der Waals surface area contributed by atoms with E-state index in [-0.39, 0.29) is 5.91 Å². The number of hydrogen-bond donors (Lipinski definition) is 1. The average molecular weight is 392 g/mol. The van der Waals surface area contributed by atoms with E-state index in [0.29, 0.717) is 6.04 Å². The van der Waals surface area contributed by atoms with Crippen LogP contribution in [0.3, 0.4) is 0 Å². The molecule has 0 radical (unpaired) electrons. The quantitative estimate of drug-likeness (QED) is 0.737. The van der Waals surface area contributed by atoms with Crippen molar-refractivity contribution in [3.05, 3.63) is 48.0 Å². The molecule has 0 aromatic heterocycles. The SMILES string of the molecule is C[C@@H]1CCCN1CCc1c2ccc(-c3ccccc3)c1N2C(=O)C(C)(C)C(=O)O. The molecule has 5 nitrogen and oxygen atoms in total. The number of anilines is 2. The highest BCUT2D eigenvalue weighted by atomic mass is 16.4. The van der Waals surface area contributed by atoms with Crippen LogP contribution in [-0.2, 0) is 16.0 Å². The summed E-state index contributed by atoms with van der Waals surface area (Å²) in [5.74, 6) is -1.49. The molecule has 2 aliphatic rings. The van der Waals surface area contributed by atoms with Crippen LogP contribution in [0.25, 0.3) is 11.1 Å². The van der Waals surface area contributed by atoms with Crippen LogP contribution in [0.5, 0.6) is 0 Å². The molecular weight excluding hydrogens is 364 g/mol. The van der Waals surface area contributed by atoms with Gasteiger partial charge in [-0.1, -0.05) is 36.4 Å². The van der Waals surface area contributed by atoms with Crippen LogP contribution in [0.15, 0.2) is 42.5 Å². The minimum Gasteiger partial charge on any atom is -0.480 e. The van der Waals surface area contributed by atoms with Crippen molar-refractivity contribution in [2.45, 2.75) is 46.1 Å². The van der Waals surface area contributed by atoms with Gasteiger partial charge in [-0.25, -0.2) is 0 Å². The number of aliphatic carboxylic acids is 1. The largest absolute Gasteiger partial charge is 0.480 e. The number of rotatable bonds is 6. The molecule has 1 amide bonds. The number of carboxylic acids is 1. The standard InChI is InChI=1S/C24H28N2O3/c1-16-8-7-14-25(16)15-13-19-20-12-11-18(17-9-5-4-6-10-17)21(19)26(20)22(27)24(2,3)23(28)29/h4-6,9-12,16H,7-8,13-15H2,1-3H3,(H,28,29)/t16-/m1/s1. The van der Waals surface area contributed by atoms with Crippen molar-refractivity contribution in [1.82, 2.24) is 4.90 Å². The van der Waals surface area contributed by atoms with Crippen LogP contribution in [0.4, 0.5) is 11.4 Å². The third kappa shape index (κ3) is 3.23. The van der Waals surface area contributed by atoms with Gasteiger partial charge in [0.15, 0.2) is 0 Å². The van der Waals surface area contributed by atoms with E-state index >= 15 is 0 Å². The molecule has 1 fully saturated rings. The second-order valence-corrected chi connectivity index (χ2v) is 8.67. The second-order valence-electron chi connectivity index (χ2n) is 8.67. The Morgan fingerprint density at radius 2 is 1.86 bits per heavy atom. The van der Waals surface area contributed by atoms with Crippen molar-refractivity contribution >= 4 is 23.3 Å². The van der Waals surface area contributed by atoms with Gasteiger partial charge in [0.05, 0.1) is 11.4 Å². The average Bonchev–Trinajstić information content (AvgIpc) is 3.12. The fourth-order valence-electron chi connectivity index (χ4n) is 4.42. The highest BCUT2D eigenvalue weighted by Crippen LogP contribution is 2.52. The summed E-state index contributed by atoms with van der Waals surface area (Å²) >= 11 is 0. The van der Waals surface area contributed by atoms with Gasteiger partial charge in [0.1, 0.15) is 5.41 Å². The lowest BCUT2D eigenvalue weighted by atomic mass is 9.84. The molecule has 2 aromatic rings. The van der Waals surface area contributed by atoms with Crippen LogP contribution in [0, 0.1) is 5.41 Å². The molecule has 4 rings (SSSR count). The fraction of sp³-hybridized carbons (Fsp3) is 0.417. The van der Waals surface area contributed by atoms with Crippen molar-refractivity contribution in [2.75, 3.05) is 18.0 Å². The van der Waals surface area contributed by atoms with E-state index in [1.807, 2.05) is 42.5 Å². The number of carbonyl (C=O) groups excluding carboxylic acids is 1. The Kier molecular flexibility index (Phi) is 4.95. The predicted octanol–water partition coefficient (Wildman–Crippen LogP) is 4.47. The molecule has 29 heavy (non-hydrogen) atoms. The minimum absolute atomic E-state index is 0.383. The van der Waals surface area contributed by atoms with Gasteiger partial charge in [0, 0.05) is 23.7 Å². The minimum atomic E-state index is -1.47. The molecule has 0 spiro atoms. The maximum atomic E-state index is 13.2. The van der Waals surface area contributed by atoms with E-state index in [1.54, 1.807) is 4.90 Å². The molecule has 152 valence electrons. The molecule has 0 aliphatic carbocycles. The Hall–Kier alpha value is -2.66. The lowest BCUT2D eigenvalue weighted by Crippen LogP contribution is -2.47. The van der Waals surface area contributed by atoms with E-state index in [1.165, 1.54) is 32.3 Å². The van der Waals surface area contributed by atoms with Crippen LogP contribution < -0.4 is 4.90 Å². The third-order valence-corrected chi connectivity index (χ3v) is 6.42. The predicted molar refractivity (Wildman–Crippen MR) is 114 cm³/mol. The van der Waals surface area contributed by atoms with E-state index in [2.05, 4.69) is 11.8 Å². The normalized spacial score (nSPS) is 18.6.